The van der Waals surface area contributed by atoms with E-state index in [9.17, 15) is 9.00 Å². The van der Waals surface area contributed by atoms with E-state index in [-0.39, 0.29) is 5.91 Å². The molecule has 0 aliphatic carbocycles. The molecule has 0 bridgehead atoms. The van der Waals surface area contributed by atoms with Crippen LogP contribution >= 0.6 is 0 Å². The molecule has 0 atom stereocenters. The Balaban J connectivity index is 1.83. The zero-order valence-electron chi connectivity index (χ0n) is 11.7. The lowest BCUT2D eigenvalue weighted by Gasteiger charge is -2.25. The highest BCUT2D eigenvalue weighted by molar-refractivity contribution is 7.85. The van der Waals surface area contributed by atoms with Gasteiger partial charge in [0.05, 0.1) is 5.69 Å². The largest absolute Gasteiger partial charge is 0.335 e. The van der Waals surface area contributed by atoms with E-state index in [2.05, 4.69) is 10.4 Å². The molecule has 110 valence electrons. The predicted octanol–water partition coefficient (Wildman–Crippen LogP) is -0.111. The van der Waals surface area contributed by atoms with E-state index in [1.54, 1.807) is 4.90 Å². The van der Waals surface area contributed by atoms with E-state index >= 15 is 0 Å². The van der Waals surface area contributed by atoms with Crippen molar-refractivity contribution < 1.29 is 9.00 Å². The summed E-state index contributed by atoms with van der Waals surface area (Å²) in [5.74, 6) is 1.15. The summed E-state index contributed by atoms with van der Waals surface area (Å²) in [6, 6.07) is 0. The lowest BCUT2D eigenvalue weighted by molar-refractivity contribution is 0.0763. The number of aryl methyl sites for hydroxylation is 1. The number of carbonyl (C=O) groups is 1. The normalized spacial score (nSPS) is 20.6. The van der Waals surface area contributed by atoms with Crippen molar-refractivity contribution in [2.45, 2.75) is 26.4 Å². The first-order chi connectivity index (χ1) is 9.66. The van der Waals surface area contributed by atoms with Crippen molar-refractivity contribution in [1.82, 2.24) is 20.0 Å². The van der Waals surface area contributed by atoms with Crippen LogP contribution in [0.5, 0.6) is 0 Å². The van der Waals surface area contributed by atoms with Crippen molar-refractivity contribution in [3.63, 3.8) is 0 Å². The fraction of sp³-hybridized carbons (Fsp3) is 0.692. The highest BCUT2D eigenvalue weighted by atomic mass is 32.2. The highest BCUT2D eigenvalue weighted by Crippen LogP contribution is 2.18. The lowest BCUT2D eigenvalue weighted by atomic mass is 10.2. The van der Waals surface area contributed by atoms with Crippen molar-refractivity contribution in [2.24, 2.45) is 0 Å². The molecule has 0 aromatic carbocycles. The Morgan fingerprint density at radius 3 is 2.80 bits per heavy atom. The Kier molecular flexibility index (Phi) is 3.89. The van der Waals surface area contributed by atoms with Gasteiger partial charge < -0.3 is 10.2 Å². The lowest BCUT2D eigenvalue weighted by Crippen LogP contribution is -2.42. The second kappa shape index (κ2) is 5.65. The molecule has 1 fully saturated rings. The summed E-state index contributed by atoms with van der Waals surface area (Å²) in [6.07, 6.45) is 1.03. The average molecular weight is 296 g/mol. The van der Waals surface area contributed by atoms with Gasteiger partial charge in [-0.15, -0.1) is 0 Å². The molecule has 0 spiro atoms. The molecule has 3 rings (SSSR count). The minimum atomic E-state index is -0.763. The van der Waals surface area contributed by atoms with Gasteiger partial charge in [0.25, 0.3) is 5.91 Å². The van der Waals surface area contributed by atoms with Crippen LogP contribution in [0.25, 0.3) is 0 Å². The van der Waals surface area contributed by atoms with E-state index in [4.69, 9.17) is 0 Å². The van der Waals surface area contributed by atoms with Gasteiger partial charge in [0.1, 0.15) is 0 Å². The second-order valence-corrected chi connectivity index (χ2v) is 7.01. The standard InChI is InChI=1S/C13H20N4O2S/c1-10-11-9-14-3-2-4-17(11)15-12(10)13(18)16-5-7-20(19)8-6-16/h14H,2-9H2,1H3. The molecule has 2 aliphatic rings. The molecule has 20 heavy (non-hydrogen) atoms. The van der Waals surface area contributed by atoms with E-state index in [0.717, 1.165) is 37.3 Å². The maximum absolute atomic E-state index is 12.6. The fourth-order valence-corrected chi connectivity index (χ4v) is 3.80. The molecular weight excluding hydrogens is 276 g/mol. The number of aromatic nitrogens is 2. The van der Waals surface area contributed by atoms with Gasteiger partial charge in [0.2, 0.25) is 0 Å². The molecule has 1 N–H and O–H groups in total. The number of carbonyl (C=O) groups excluding carboxylic acids is 1. The Bertz CT molecular complexity index is 545. The smallest absolute Gasteiger partial charge is 0.274 e. The number of nitrogens with one attached hydrogen (secondary N) is 1. The summed E-state index contributed by atoms with van der Waals surface area (Å²) in [7, 11) is -0.763. The SMILES string of the molecule is Cc1c(C(=O)N2CCS(=O)CC2)nn2c1CNCCC2. The number of fused-ring (bicyclic) bond motifs is 1. The van der Waals surface area contributed by atoms with Crippen LogP contribution in [-0.4, -0.2) is 55.9 Å². The second-order valence-electron chi connectivity index (χ2n) is 5.31. The van der Waals surface area contributed by atoms with Crippen LogP contribution in [0.15, 0.2) is 0 Å². The maximum Gasteiger partial charge on any atom is 0.274 e. The van der Waals surface area contributed by atoms with Crippen LogP contribution in [0.4, 0.5) is 0 Å². The van der Waals surface area contributed by atoms with Crippen molar-refractivity contribution in [2.75, 3.05) is 31.1 Å². The topological polar surface area (TPSA) is 67.2 Å². The van der Waals surface area contributed by atoms with Gasteiger partial charge in [-0.05, 0) is 19.9 Å². The van der Waals surface area contributed by atoms with Crippen molar-refractivity contribution in [1.29, 1.82) is 0 Å². The van der Waals surface area contributed by atoms with Crippen molar-refractivity contribution >= 4 is 16.7 Å². The molecule has 0 saturated carbocycles. The number of rotatable bonds is 1. The zero-order valence-corrected chi connectivity index (χ0v) is 12.5. The highest BCUT2D eigenvalue weighted by Gasteiger charge is 2.27. The first-order valence-corrected chi connectivity index (χ1v) is 8.57. The number of hydrogen-bond acceptors (Lipinski definition) is 4. The van der Waals surface area contributed by atoms with E-state index < -0.39 is 10.8 Å². The summed E-state index contributed by atoms with van der Waals surface area (Å²) in [5, 5.41) is 7.87. The summed E-state index contributed by atoms with van der Waals surface area (Å²) < 4.78 is 13.3. The predicted molar refractivity (Wildman–Crippen MR) is 77.1 cm³/mol. The molecule has 0 radical (unpaired) electrons. The quantitative estimate of drug-likeness (QED) is 0.785. The summed E-state index contributed by atoms with van der Waals surface area (Å²) in [5.41, 5.74) is 2.67. The molecule has 1 aromatic heterocycles. The first-order valence-electron chi connectivity index (χ1n) is 7.08. The number of nitrogens with zero attached hydrogens (tertiary/aromatic N) is 3. The molecule has 3 heterocycles. The summed E-state index contributed by atoms with van der Waals surface area (Å²) >= 11 is 0. The first kappa shape index (κ1) is 13.8. The minimum Gasteiger partial charge on any atom is -0.335 e. The Labute approximate surface area is 121 Å². The third-order valence-corrected chi connectivity index (χ3v) is 5.28. The van der Waals surface area contributed by atoms with Crippen molar-refractivity contribution in [3.8, 4) is 0 Å². The molecule has 1 aromatic rings. The number of amides is 1. The van der Waals surface area contributed by atoms with E-state index in [1.807, 2.05) is 11.6 Å². The van der Waals surface area contributed by atoms with Crippen LogP contribution in [0.2, 0.25) is 0 Å². The van der Waals surface area contributed by atoms with Crippen LogP contribution in [0.1, 0.15) is 28.2 Å². The van der Waals surface area contributed by atoms with E-state index in [0.29, 0.717) is 30.3 Å². The summed E-state index contributed by atoms with van der Waals surface area (Å²) in [6.45, 7) is 5.75. The van der Waals surface area contributed by atoms with Crippen LogP contribution in [0, 0.1) is 6.92 Å². The van der Waals surface area contributed by atoms with Gasteiger partial charge in [-0.2, -0.15) is 5.10 Å². The minimum absolute atomic E-state index is 0.0141. The third-order valence-electron chi connectivity index (χ3n) is 4.00. The number of hydrogen-bond donors (Lipinski definition) is 1. The van der Waals surface area contributed by atoms with Gasteiger partial charge in [-0.1, -0.05) is 0 Å². The molecule has 2 aliphatic heterocycles. The van der Waals surface area contributed by atoms with E-state index in [1.165, 1.54) is 0 Å². The summed E-state index contributed by atoms with van der Waals surface area (Å²) in [4.78, 5) is 14.3. The third kappa shape index (κ3) is 2.52. The molecular formula is C13H20N4O2S. The molecule has 0 unspecified atom stereocenters. The van der Waals surface area contributed by atoms with Gasteiger partial charge in [-0.25, -0.2) is 0 Å². The maximum atomic E-state index is 12.6. The van der Waals surface area contributed by atoms with Crippen molar-refractivity contribution in [3.05, 3.63) is 17.0 Å². The van der Waals surface area contributed by atoms with Crippen LogP contribution < -0.4 is 5.32 Å². The molecule has 1 saturated heterocycles. The van der Waals surface area contributed by atoms with Crippen LogP contribution in [0.3, 0.4) is 0 Å². The Morgan fingerprint density at radius 1 is 1.30 bits per heavy atom. The van der Waals surface area contributed by atoms with Gasteiger partial charge in [0, 0.05) is 54.0 Å². The van der Waals surface area contributed by atoms with Gasteiger partial charge in [-0.3, -0.25) is 13.7 Å². The zero-order chi connectivity index (χ0) is 14.1. The molecule has 6 nitrogen and oxygen atoms in total. The van der Waals surface area contributed by atoms with Gasteiger partial charge in [0.15, 0.2) is 5.69 Å². The van der Waals surface area contributed by atoms with Crippen LogP contribution in [-0.2, 0) is 23.9 Å². The Hall–Kier alpha value is -1.21. The molecule has 1 amide bonds. The average Bonchev–Trinajstić information content (AvgIpc) is 2.64. The Morgan fingerprint density at radius 2 is 2.05 bits per heavy atom. The molecule has 7 heteroatoms. The van der Waals surface area contributed by atoms with Gasteiger partial charge >= 0.3 is 0 Å². The monoisotopic (exact) mass is 296 g/mol. The fourth-order valence-electron chi connectivity index (χ4n) is 2.75.